The van der Waals surface area contributed by atoms with Crippen LogP contribution in [0.3, 0.4) is 0 Å². The molecule has 0 bridgehead atoms. The summed E-state index contributed by atoms with van der Waals surface area (Å²) >= 11 is 0.827. The summed E-state index contributed by atoms with van der Waals surface area (Å²) in [4.78, 5) is 29.0. The molecule has 212 valence electrons. The van der Waals surface area contributed by atoms with Gasteiger partial charge < -0.3 is 9.64 Å². The summed E-state index contributed by atoms with van der Waals surface area (Å²) < 4.78 is 86.5. The van der Waals surface area contributed by atoms with Crippen LogP contribution in [0.4, 0.5) is 41.6 Å². The Bertz CT molecular complexity index is 1230. The Balaban J connectivity index is 1.85. The maximum Gasteiger partial charge on any atom is 0.416 e. The number of ether oxygens (including phenoxy) is 1. The van der Waals surface area contributed by atoms with Gasteiger partial charge in [-0.2, -0.15) is 26.3 Å². The van der Waals surface area contributed by atoms with Crippen LogP contribution in [0.15, 0.2) is 30.3 Å². The van der Waals surface area contributed by atoms with E-state index in [2.05, 4.69) is 0 Å². The van der Waals surface area contributed by atoms with Crippen molar-refractivity contribution in [3.63, 3.8) is 0 Å². The third-order valence-corrected chi connectivity index (χ3v) is 7.74. The molecule has 0 radical (unpaired) electrons. The van der Waals surface area contributed by atoms with Crippen molar-refractivity contribution >= 4 is 28.8 Å². The van der Waals surface area contributed by atoms with E-state index in [1.54, 1.807) is 19.9 Å². The summed E-state index contributed by atoms with van der Waals surface area (Å²) in [6, 6.07) is 3.97. The fraction of sp³-hybridized carbons (Fsp3) is 0.481. The molecule has 0 unspecified atom stereocenters. The molecule has 4 rings (SSSR count). The van der Waals surface area contributed by atoms with Gasteiger partial charge in [-0.15, -0.1) is 0 Å². The minimum atomic E-state index is -5.00. The summed E-state index contributed by atoms with van der Waals surface area (Å²) in [6.07, 6.45) is -6.48. The number of thioether (sulfide) groups is 1. The normalized spacial score (nSPS) is 18.9. The van der Waals surface area contributed by atoms with Crippen molar-refractivity contribution in [2.45, 2.75) is 70.5 Å². The molecule has 2 aliphatic rings. The number of alkyl halides is 6. The number of anilines is 1. The first-order chi connectivity index (χ1) is 18.3. The van der Waals surface area contributed by atoms with Gasteiger partial charge in [0.25, 0.3) is 5.24 Å². The first kappa shape index (κ1) is 29.1. The average molecular weight is 575 g/mol. The highest BCUT2D eigenvalue weighted by molar-refractivity contribution is 8.12. The lowest BCUT2D eigenvalue weighted by atomic mass is 9.86. The van der Waals surface area contributed by atoms with Gasteiger partial charge in [0.2, 0.25) is 0 Å². The molecule has 5 nitrogen and oxygen atoms in total. The van der Waals surface area contributed by atoms with E-state index >= 15 is 0 Å². The fourth-order valence-electron chi connectivity index (χ4n) is 5.53. The van der Waals surface area contributed by atoms with Crippen molar-refractivity contribution in [3.8, 4) is 0 Å². The van der Waals surface area contributed by atoms with Crippen LogP contribution in [0.5, 0.6) is 0 Å². The summed E-state index contributed by atoms with van der Waals surface area (Å²) in [5.41, 5.74) is 0.0866. The Hall–Kier alpha value is -2.89. The van der Waals surface area contributed by atoms with Gasteiger partial charge in [0.1, 0.15) is 0 Å². The number of carbonyl (C=O) groups is 2. The Morgan fingerprint density at radius 3 is 2.26 bits per heavy atom. The summed E-state index contributed by atoms with van der Waals surface area (Å²) in [6.45, 7) is 3.14. The van der Waals surface area contributed by atoms with E-state index in [1.807, 2.05) is 6.07 Å². The molecule has 2 amide bonds. The van der Waals surface area contributed by atoms with Crippen molar-refractivity contribution < 1.29 is 40.7 Å². The zero-order valence-electron chi connectivity index (χ0n) is 21.6. The number of rotatable bonds is 4. The minimum absolute atomic E-state index is 0.0757. The Labute approximate surface area is 226 Å². The van der Waals surface area contributed by atoms with Crippen LogP contribution >= 0.6 is 11.8 Å². The second kappa shape index (κ2) is 10.9. The first-order valence-electron chi connectivity index (χ1n) is 12.5. The topological polar surface area (TPSA) is 49.9 Å². The van der Waals surface area contributed by atoms with Crippen LogP contribution in [0, 0.1) is 0 Å². The number of halogens is 6. The molecule has 1 heterocycles. The molecule has 0 N–H and O–H groups in total. The van der Waals surface area contributed by atoms with Crippen LogP contribution in [0.2, 0.25) is 0 Å². The monoisotopic (exact) mass is 574 g/mol. The van der Waals surface area contributed by atoms with Gasteiger partial charge >= 0.3 is 18.4 Å². The molecule has 2 aromatic carbocycles. The van der Waals surface area contributed by atoms with Gasteiger partial charge in [-0.3, -0.25) is 9.69 Å². The maximum absolute atomic E-state index is 13.5. The smallest absolute Gasteiger partial charge is 0.416 e. The number of amides is 2. The lowest BCUT2D eigenvalue weighted by molar-refractivity contribution is -0.143. The van der Waals surface area contributed by atoms with Crippen LogP contribution in [0.1, 0.15) is 66.1 Å². The molecule has 0 aromatic heterocycles. The third-order valence-electron chi connectivity index (χ3n) is 7.15. The van der Waals surface area contributed by atoms with Crippen LogP contribution < -0.4 is 4.90 Å². The van der Waals surface area contributed by atoms with Gasteiger partial charge in [0.15, 0.2) is 0 Å². The highest BCUT2D eigenvalue weighted by Gasteiger charge is 2.42. The molecule has 0 spiro atoms. The quantitative estimate of drug-likeness (QED) is 0.348. The summed E-state index contributed by atoms with van der Waals surface area (Å²) in [5, 5.41) is -0.496. The number of hydrogen-bond acceptors (Lipinski definition) is 4. The number of aryl methyl sites for hydroxylation is 1. The van der Waals surface area contributed by atoms with Crippen LogP contribution in [-0.4, -0.2) is 35.1 Å². The zero-order valence-corrected chi connectivity index (χ0v) is 22.4. The predicted molar refractivity (Wildman–Crippen MR) is 136 cm³/mol. The third kappa shape index (κ3) is 5.85. The summed E-state index contributed by atoms with van der Waals surface area (Å²) in [5.74, 6) is 0. The lowest BCUT2D eigenvalue weighted by Gasteiger charge is -2.44. The van der Waals surface area contributed by atoms with Crippen LogP contribution in [-0.2, 0) is 36.5 Å². The van der Waals surface area contributed by atoms with E-state index in [-0.39, 0.29) is 24.7 Å². The van der Waals surface area contributed by atoms with Crippen molar-refractivity contribution in [1.29, 1.82) is 0 Å². The van der Waals surface area contributed by atoms with Gasteiger partial charge in [-0.1, -0.05) is 17.8 Å². The molecule has 12 heteroatoms. The molecule has 1 aliphatic heterocycles. The fourth-order valence-corrected chi connectivity index (χ4v) is 5.96. The molecule has 39 heavy (non-hydrogen) atoms. The highest BCUT2D eigenvalue weighted by Crippen LogP contribution is 2.47. The zero-order chi connectivity index (χ0) is 28.7. The maximum atomic E-state index is 13.5. The standard InChI is InChI=1S/C27H28F6N2O3S/c1-4-38-24(36)35-15(2)10-22(23-20-7-5-6-17(20)8-9-21(23)35)34(25(37)39-3)14-16-11-18(26(28,29)30)13-19(12-16)27(31,32)33/h8-9,11-13,15,22H,4-7,10,14H2,1-3H3/t15-,22+/m0/s1. The van der Waals surface area contributed by atoms with Crippen LogP contribution in [0.25, 0.3) is 0 Å². The molecule has 2 atom stereocenters. The molecule has 0 fully saturated rings. The largest absolute Gasteiger partial charge is 0.449 e. The van der Waals surface area contributed by atoms with Gasteiger partial charge in [0, 0.05) is 18.2 Å². The van der Waals surface area contributed by atoms with Crippen molar-refractivity contribution in [3.05, 3.63) is 63.7 Å². The van der Waals surface area contributed by atoms with E-state index in [1.165, 1.54) is 16.1 Å². The predicted octanol–water partition coefficient (Wildman–Crippen LogP) is 7.99. The van der Waals surface area contributed by atoms with E-state index in [4.69, 9.17) is 4.74 Å². The second-order valence-electron chi connectivity index (χ2n) is 9.67. The van der Waals surface area contributed by atoms with Crippen molar-refractivity contribution in [1.82, 2.24) is 4.90 Å². The van der Waals surface area contributed by atoms with Gasteiger partial charge in [-0.05, 0) is 86.7 Å². The highest BCUT2D eigenvalue weighted by atomic mass is 32.2. The number of fused-ring (bicyclic) bond motifs is 3. The first-order valence-corrected chi connectivity index (χ1v) is 13.7. The number of hydrogen-bond donors (Lipinski definition) is 0. The lowest BCUT2D eigenvalue weighted by Crippen LogP contribution is -2.47. The number of carbonyl (C=O) groups excluding carboxylic acids is 2. The molecule has 0 saturated heterocycles. The van der Waals surface area contributed by atoms with E-state index in [0.717, 1.165) is 35.7 Å². The van der Waals surface area contributed by atoms with Crippen molar-refractivity contribution in [2.24, 2.45) is 0 Å². The molecule has 0 saturated carbocycles. The molecule has 1 aliphatic carbocycles. The second-order valence-corrected chi connectivity index (χ2v) is 10.4. The SMILES string of the molecule is CCOC(=O)N1c2ccc3c(c2[C@H](N(Cc2cc(C(F)(F)F)cc(C(F)(F)F)c2)C(=O)SC)C[C@@H]1C)CCC3. The molecular formula is C27H28F6N2O3S. The van der Waals surface area contributed by atoms with E-state index in [9.17, 15) is 35.9 Å². The number of benzene rings is 2. The Morgan fingerprint density at radius 1 is 1.05 bits per heavy atom. The Morgan fingerprint density at radius 2 is 1.69 bits per heavy atom. The van der Waals surface area contributed by atoms with Gasteiger partial charge in [0.05, 0.1) is 29.5 Å². The Kier molecular flexibility index (Phi) is 8.16. The average Bonchev–Trinajstić information content (AvgIpc) is 3.34. The molecule has 2 aromatic rings. The summed E-state index contributed by atoms with van der Waals surface area (Å²) in [7, 11) is 0. The van der Waals surface area contributed by atoms with Crippen molar-refractivity contribution in [2.75, 3.05) is 17.8 Å². The van der Waals surface area contributed by atoms with E-state index < -0.39 is 53.4 Å². The number of nitrogens with zero attached hydrogens (tertiary/aromatic N) is 2. The minimum Gasteiger partial charge on any atom is -0.449 e. The molecular weight excluding hydrogens is 546 g/mol. The van der Waals surface area contributed by atoms with E-state index in [0.29, 0.717) is 29.8 Å². The van der Waals surface area contributed by atoms with Gasteiger partial charge in [-0.25, -0.2) is 4.79 Å².